The summed E-state index contributed by atoms with van der Waals surface area (Å²) >= 11 is 0. The maximum atomic E-state index is 5.69. The molecule has 2 heterocycles. The standard InChI is InChI=1S/C14H27N5/c1-13(11-15)12-19-9-7-18(8-10-19)6-4-14-3-5-16-17(14)2/h3,5,13H,4,6-12,15H2,1-2H3. The maximum Gasteiger partial charge on any atom is 0.0492 e. The number of piperazine rings is 1. The van der Waals surface area contributed by atoms with Crippen molar-refractivity contribution in [3.05, 3.63) is 18.0 Å². The molecule has 108 valence electrons. The molecule has 1 unspecified atom stereocenters. The molecule has 1 aliphatic heterocycles. The fraction of sp³-hybridized carbons (Fsp3) is 0.786. The van der Waals surface area contributed by atoms with Gasteiger partial charge in [-0.2, -0.15) is 5.10 Å². The molecule has 0 aromatic carbocycles. The number of rotatable bonds is 6. The molecule has 0 spiro atoms. The number of aromatic nitrogens is 2. The van der Waals surface area contributed by atoms with Crippen molar-refractivity contribution in [2.75, 3.05) is 45.8 Å². The molecule has 1 fully saturated rings. The van der Waals surface area contributed by atoms with E-state index in [0.29, 0.717) is 5.92 Å². The Bertz CT molecular complexity index is 368. The molecule has 1 aliphatic rings. The van der Waals surface area contributed by atoms with E-state index in [1.54, 1.807) is 0 Å². The van der Waals surface area contributed by atoms with E-state index in [0.717, 1.165) is 26.1 Å². The van der Waals surface area contributed by atoms with Gasteiger partial charge in [0.15, 0.2) is 0 Å². The van der Waals surface area contributed by atoms with Crippen molar-refractivity contribution in [2.24, 2.45) is 18.7 Å². The predicted molar refractivity (Wildman–Crippen MR) is 78.0 cm³/mol. The normalized spacial score (nSPS) is 19.7. The van der Waals surface area contributed by atoms with Crippen LogP contribution in [0.25, 0.3) is 0 Å². The number of hydrogen-bond donors (Lipinski definition) is 1. The van der Waals surface area contributed by atoms with Crippen LogP contribution in [0.2, 0.25) is 0 Å². The van der Waals surface area contributed by atoms with E-state index >= 15 is 0 Å². The largest absolute Gasteiger partial charge is 0.330 e. The summed E-state index contributed by atoms with van der Waals surface area (Å²) in [7, 11) is 2.02. The first-order valence-electron chi connectivity index (χ1n) is 7.30. The van der Waals surface area contributed by atoms with Crippen LogP contribution in [0.1, 0.15) is 12.6 Å². The van der Waals surface area contributed by atoms with E-state index in [9.17, 15) is 0 Å². The third-order valence-electron chi connectivity index (χ3n) is 4.04. The van der Waals surface area contributed by atoms with Crippen molar-refractivity contribution in [2.45, 2.75) is 13.3 Å². The van der Waals surface area contributed by atoms with Crippen molar-refractivity contribution in [1.29, 1.82) is 0 Å². The van der Waals surface area contributed by atoms with Gasteiger partial charge in [-0.05, 0) is 18.5 Å². The third-order valence-corrected chi connectivity index (χ3v) is 4.04. The smallest absolute Gasteiger partial charge is 0.0492 e. The van der Waals surface area contributed by atoms with Crippen LogP contribution in [-0.2, 0) is 13.5 Å². The van der Waals surface area contributed by atoms with Crippen LogP contribution < -0.4 is 5.73 Å². The Balaban J connectivity index is 1.67. The lowest BCUT2D eigenvalue weighted by Crippen LogP contribution is -2.48. The highest BCUT2D eigenvalue weighted by Gasteiger charge is 2.18. The summed E-state index contributed by atoms with van der Waals surface area (Å²) in [5.41, 5.74) is 7.01. The average Bonchev–Trinajstić information content (AvgIpc) is 2.83. The summed E-state index contributed by atoms with van der Waals surface area (Å²) in [6.45, 7) is 10.0. The minimum absolute atomic E-state index is 0.612. The molecule has 5 nitrogen and oxygen atoms in total. The summed E-state index contributed by atoms with van der Waals surface area (Å²) < 4.78 is 1.97. The molecule has 0 saturated carbocycles. The molecule has 1 saturated heterocycles. The van der Waals surface area contributed by atoms with Gasteiger partial charge < -0.3 is 15.5 Å². The van der Waals surface area contributed by atoms with E-state index in [2.05, 4.69) is 27.9 Å². The zero-order valence-electron chi connectivity index (χ0n) is 12.3. The Morgan fingerprint density at radius 1 is 1.26 bits per heavy atom. The van der Waals surface area contributed by atoms with Gasteiger partial charge in [0, 0.05) is 64.6 Å². The van der Waals surface area contributed by atoms with Crippen LogP contribution in [0.15, 0.2) is 12.3 Å². The van der Waals surface area contributed by atoms with Crippen LogP contribution in [0.5, 0.6) is 0 Å². The summed E-state index contributed by atoms with van der Waals surface area (Å²) in [6.07, 6.45) is 2.97. The summed E-state index contributed by atoms with van der Waals surface area (Å²) in [5.74, 6) is 0.612. The molecule has 2 rings (SSSR count). The monoisotopic (exact) mass is 265 g/mol. The summed E-state index contributed by atoms with van der Waals surface area (Å²) in [4.78, 5) is 5.09. The Kier molecular flexibility index (Phi) is 5.36. The van der Waals surface area contributed by atoms with Gasteiger partial charge in [-0.15, -0.1) is 0 Å². The van der Waals surface area contributed by atoms with Crippen LogP contribution in [-0.4, -0.2) is 65.4 Å². The molecular formula is C14H27N5. The summed E-state index contributed by atoms with van der Waals surface area (Å²) in [5, 5.41) is 4.21. The molecule has 0 bridgehead atoms. The lowest BCUT2D eigenvalue weighted by molar-refractivity contribution is 0.121. The zero-order chi connectivity index (χ0) is 13.7. The van der Waals surface area contributed by atoms with Crippen LogP contribution in [0, 0.1) is 5.92 Å². The second kappa shape index (κ2) is 7.03. The van der Waals surface area contributed by atoms with Gasteiger partial charge >= 0.3 is 0 Å². The molecule has 5 heteroatoms. The minimum atomic E-state index is 0.612. The van der Waals surface area contributed by atoms with Gasteiger partial charge in [0.1, 0.15) is 0 Å². The number of nitrogens with zero attached hydrogens (tertiary/aromatic N) is 4. The highest BCUT2D eigenvalue weighted by molar-refractivity contribution is 5.00. The summed E-state index contributed by atoms with van der Waals surface area (Å²) in [6, 6.07) is 2.11. The lowest BCUT2D eigenvalue weighted by Gasteiger charge is -2.35. The zero-order valence-corrected chi connectivity index (χ0v) is 12.3. The van der Waals surface area contributed by atoms with Crippen LogP contribution in [0.4, 0.5) is 0 Å². The average molecular weight is 265 g/mol. The van der Waals surface area contributed by atoms with Crippen molar-refractivity contribution in [1.82, 2.24) is 19.6 Å². The molecule has 0 aliphatic carbocycles. The fourth-order valence-corrected chi connectivity index (χ4v) is 2.63. The Labute approximate surface area is 116 Å². The van der Waals surface area contributed by atoms with E-state index < -0.39 is 0 Å². The number of nitrogens with two attached hydrogens (primary N) is 1. The van der Waals surface area contributed by atoms with Gasteiger partial charge in [-0.1, -0.05) is 6.92 Å². The first-order chi connectivity index (χ1) is 9.19. The Morgan fingerprint density at radius 2 is 1.95 bits per heavy atom. The van der Waals surface area contributed by atoms with Gasteiger partial charge in [0.05, 0.1) is 0 Å². The number of hydrogen-bond acceptors (Lipinski definition) is 4. The maximum absolute atomic E-state index is 5.69. The molecule has 19 heavy (non-hydrogen) atoms. The molecule has 1 aromatic rings. The van der Waals surface area contributed by atoms with E-state index in [1.807, 2.05) is 17.9 Å². The first kappa shape index (κ1) is 14.5. The Morgan fingerprint density at radius 3 is 2.53 bits per heavy atom. The van der Waals surface area contributed by atoms with Crippen molar-refractivity contribution >= 4 is 0 Å². The Hall–Kier alpha value is -0.910. The molecule has 0 radical (unpaired) electrons. The SMILES string of the molecule is CC(CN)CN1CCN(CCc2ccnn2C)CC1. The lowest BCUT2D eigenvalue weighted by atomic mass is 10.1. The second-order valence-electron chi connectivity index (χ2n) is 5.68. The molecular weight excluding hydrogens is 238 g/mol. The number of aryl methyl sites for hydroxylation is 1. The molecule has 2 N–H and O–H groups in total. The van der Waals surface area contributed by atoms with Gasteiger partial charge in [0.25, 0.3) is 0 Å². The van der Waals surface area contributed by atoms with Crippen molar-refractivity contribution < 1.29 is 0 Å². The van der Waals surface area contributed by atoms with E-state index in [-0.39, 0.29) is 0 Å². The van der Waals surface area contributed by atoms with Gasteiger partial charge in [-0.25, -0.2) is 0 Å². The second-order valence-corrected chi connectivity index (χ2v) is 5.68. The van der Waals surface area contributed by atoms with Crippen LogP contribution in [0.3, 0.4) is 0 Å². The predicted octanol–water partition coefficient (Wildman–Crippen LogP) is 0.175. The van der Waals surface area contributed by atoms with Crippen molar-refractivity contribution in [3.8, 4) is 0 Å². The molecule has 0 amide bonds. The van der Waals surface area contributed by atoms with Gasteiger partial charge in [-0.3, -0.25) is 4.68 Å². The fourth-order valence-electron chi connectivity index (χ4n) is 2.63. The van der Waals surface area contributed by atoms with E-state index in [4.69, 9.17) is 5.73 Å². The van der Waals surface area contributed by atoms with E-state index in [1.165, 1.54) is 31.9 Å². The third kappa shape index (κ3) is 4.30. The molecule has 1 atom stereocenters. The minimum Gasteiger partial charge on any atom is -0.330 e. The molecule has 1 aromatic heterocycles. The van der Waals surface area contributed by atoms with Gasteiger partial charge in [0.2, 0.25) is 0 Å². The highest BCUT2D eigenvalue weighted by atomic mass is 15.3. The van der Waals surface area contributed by atoms with Crippen molar-refractivity contribution in [3.63, 3.8) is 0 Å². The quantitative estimate of drug-likeness (QED) is 0.797. The highest BCUT2D eigenvalue weighted by Crippen LogP contribution is 2.06. The first-order valence-corrected chi connectivity index (χ1v) is 7.30. The van der Waals surface area contributed by atoms with Crippen LogP contribution >= 0.6 is 0 Å². The topological polar surface area (TPSA) is 50.3 Å².